The number of imide groups is 1. The Morgan fingerprint density at radius 3 is 2.78 bits per heavy atom. The number of hydrogen-bond donors (Lipinski definition) is 1. The van der Waals surface area contributed by atoms with Crippen LogP contribution < -0.4 is 5.32 Å². The molecule has 3 amide bonds. The second kappa shape index (κ2) is 10.2. The number of oxazole rings is 1. The summed E-state index contributed by atoms with van der Waals surface area (Å²) in [6.45, 7) is 0.308. The molecule has 0 bridgehead atoms. The summed E-state index contributed by atoms with van der Waals surface area (Å²) in [5.41, 5.74) is 0.850. The topological polar surface area (TPSA) is 92.5 Å². The molecule has 0 spiro atoms. The largest absolute Gasteiger partial charge is 0.441 e. The molecule has 1 aliphatic rings. The number of halogens is 1. The molecular formula is C22H18ClN3O4S2. The molecule has 3 heterocycles. The molecular weight excluding hydrogens is 470 g/mol. The highest BCUT2D eigenvalue weighted by atomic mass is 35.5. The zero-order valence-electron chi connectivity index (χ0n) is 16.7. The van der Waals surface area contributed by atoms with Gasteiger partial charge in [0.25, 0.3) is 11.1 Å². The summed E-state index contributed by atoms with van der Waals surface area (Å²) in [5.74, 6) is 0.510. The summed E-state index contributed by atoms with van der Waals surface area (Å²) < 4.78 is 5.69. The van der Waals surface area contributed by atoms with E-state index in [1.165, 1.54) is 11.3 Å². The normalized spacial score (nSPS) is 15.0. The molecule has 1 fully saturated rings. The quantitative estimate of drug-likeness (QED) is 0.457. The fourth-order valence-electron chi connectivity index (χ4n) is 2.98. The summed E-state index contributed by atoms with van der Waals surface area (Å²) in [5, 5.41) is 4.94. The second-order valence-corrected chi connectivity index (χ2v) is 9.23. The van der Waals surface area contributed by atoms with E-state index in [2.05, 4.69) is 10.3 Å². The molecule has 2 aromatic heterocycles. The van der Waals surface area contributed by atoms with Gasteiger partial charge < -0.3 is 9.73 Å². The lowest BCUT2D eigenvalue weighted by Gasteiger charge is -2.12. The van der Waals surface area contributed by atoms with Gasteiger partial charge in [-0.15, -0.1) is 11.3 Å². The number of aryl methyl sites for hydroxylation is 1. The van der Waals surface area contributed by atoms with Crippen molar-refractivity contribution in [3.05, 3.63) is 68.7 Å². The number of carbonyl (C=O) groups excluding carboxylic acids is 3. The second-order valence-electron chi connectivity index (χ2n) is 6.82. The molecule has 7 nitrogen and oxygen atoms in total. The molecule has 0 unspecified atom stereocenters. The maximum Gasteiger partial charge on any atom is 0.293 e. The van der Waals surface area contributed by atoms with Crippen LogP contribution in [0.3, 0.4) is 0 Å². The first-order valence-electron chi connectivity index (χ1n) is 9.76. The number of carbonyl (C=O) groups is 3. The van der Waals surface area contributed by atoms with E-state index in [1.807, 2.05) is 29.6 Å². The Labute approximate surface area is 197 Å². The van der Waals surface area contributed by atoms with Crippen LogP contribution >= 0.6 is 34.7 Å². The predicted octanol–water partition coefficient (Wildman–Crippen LogP) is 4.84. The molecule has 3 aromatic rings. The van der Waals surface area contributed by atoms with Gasteiger partial charge in [0.15, 0.2) is 11.7 Å². The molecule has 4 rings (SSSR count). The summed E-state index contributed by atoms with van der Waals surface area (Å²) in [4.78, 5) is 43.4. The van der Waals surface area contributed by atoms with Crippen LogP contribution in [-0.4, -0.2) is 40.0 Å². The van der Waals surface area contributed by atoms with Gasteiger partial charge in [-0.2, -0.15) is 0 Å². The number of thioether (sulfide) groups is 1. The first-order chi connectivity index (χ1) is 15.5. The molecule has 164 valence electrons. The van der Waals surface area contributed by atoms with Crippen molar-refractivity contribution in [3.63, 3.8) is 0 Å². The third-order valence-electron chi connectivity index (χ3n) is 4.60. The van der Waals surface area contributed by atoms with Gasteiger partial charge in [0.05, 0.1) is 11.1 Å². The van der Waals surface area contributed by atoms with Crippen molar-refractivity contribution in [2.75, 3.05) is 13.1 Å². The van der Waals surface area contributed by atoms with Gasteiger partial charge in [0.2, 0.25) is 5.91 Å². The van der Waals surface area contributed by atoms with Crippen molar-refractivity contribution in [1.29, 1.82) is 0 Å². The van der Waals surface area contributed by atoms with E-state index in [0.29, 0.717) is 28.0 Å². The number of benzene rings is 1. The predicted molar refractivity (Wildman–Crippen MR) is 125 cm³/mol. The van der Waals surface area contributed by atoms with E-state index in [4.69, 9.17) is 16.0 Å². The van der Waals surface area contributed by atoms with Crippen molar-refractivity contribution in [2.45, 2.75) is 12.8 Å². The lowest BCUT2D eigenvalue weighted by atomic mass is 10.2. The van der Waals surface area contributed by atoms with E-state index in [1.54, 1.807) is 24.4 Å². The Hall–Kier alpha value is -2.88. The molecule has 10 heteroatoms. The number of aromatic nitrogens is 1. The van der Waals surface area contributed by atoms with Gasteiger partial charge in [-0.3, -0.25) is 19.3 Å². The number of rotatable bonds is 8. The van der Waals surface area contributed by atoms with Gasteiger partial charge >= 0.3 is 0 Å². The van der Waals surface area contributed by atoms with Crippen LogP contribution in [0.4, 0.5) is 4.79 Å². The van der Waals surface area contributed by atoms with Crippen LogP contribution in [0, 0.1) is 0 Å². The number of nitrogens with one attached hydrogen (secondary N) is 1. The summed E-state index contributed by atoms with van der Waals surface area (Å²) >= 11 is 8.29. The Morgan fingerprint density at radius 1 is 1.22 bits per heavy atom. The zero-order valence-corrected chi connectivity index (χ0v) is 19.1. The molecule has 0 radical (unpaired) electrons. The maximum absolute atomic E-state index is 12.4. The highest BCUT2D eigenvalue weighted by Crippen LogP contribution is 2.32. The van der Waals surface area contributed by atoms with E-state index in [9.17, 15) is 14.4 Å². The molecule has 0 atom stereocenters. The highest BCUT2D eigenvalue weighted by Gasteiger charge is 2.34. The van der Waals surface area contributed by atoms with Gasteiger partial charge in [0, 0.05) is 41.4 Å². The highest BCUT2D eigenvalue weighted by molar-refractivity contribution is 8.18. The lowest BCUT2D eigenvalue weighted by molar-refractivity contribution is -0.124. The smallest absolute Gasteiger partial charge is 0.293 e. The van der Waals surface area contributed by atoms with Gasteiger partial charge in [-0.25, -0.2) is 4.98 Å². The van der Waals surface area contributed by atoms with Gasteiger partial charge in [-0.05, 0) is 53.5 Å². The Morgan fingerprint density at radius 2 is 2.03 bits per heavy atom. The molecule has 1 aliphatic heterocycles. The molecule has 1 aromatic carbocycles. The van der Waals surface area contributed by atoms with E-state index < -0.39 is 0 Å². The fourth-order valence-corrected chi connectivity index (χ4v) is 4.70. The summed E-state index contributed by atoms with van der Waals surface area (Å²) in [7, 11) is 0. The SMILES string of the molecule is O=C(CCc1ncc(-c2ccc(Cl)cc2)o1)NCCN1C(=O)S/C(=C\c2cccs2)C1=O. The maximum atomic E-state index is 12.4. The minimum Gasteiger partial charge on any atom is -0.441 e. The van der Waals surface area contributed by atoms with Crippen LogP contribution in [0.2, 0.25) is 5.02 Å². The standard InChI is InChI=1S/C22H18ClN3O4S2/c23-15-5-3-14(4-6-15)17-13-25-20(30-17)8-7-19(27)24-9-10-26-21(28)18(32-22(26)29)12-16-2-1-11-31-16/h1-6,11-13H,7-10H2,(H,24,27)/b18-12-. The first-order valence-corrected chi connectivity index (χ1v) is 11.8. The number of nitrogens with zero attached hydrogens (tertiary/aromatic N) is 2. The average molecular weight is 488 g/mol. The number of hydrogen-bond acceptors (Lipinski definition) is 7. The molecule has 1 saturated heterocycles. The Kier molecular flexibility index (Phi) is 7.09. The van der Waals surface area contributed by atoms with E-state index in [-0.39, 0.29) is 36.6 Å². The van der Waals surface area contributed by atoms with Crippen LogP contribution in [-0.2, 0) is 16.0 Å². The fraction of sp³-hybridized carbons (Fsp3) is 0.182. The molecule has 0 saturated carbocycles. The Bertz CT molecular complexity index is 1160. The zero-order chi connectivity index (χ0) is 22.5. The van der Waals surface area contributed by atoms with Crippen molar-refractivity contribution >= 4 is 57.8 Å². The number of thiophene rings is 1. The Balaban J connectivity index is 1.22. The average Bonchev–Trinajstić information content (AvgIpc) is 3.51. The van der Waals surface area contributed by atoms with Gasteiger partial charge in [-0.1, -0.05) is 17.7 Å². The molecule has 0 aliphatic carbocycles. The van der Waals surface area contributed by atoms with Crippen LogP contribution in [0.1, 0.15) is 17.2 Å². The number of amides is 3. The van der Waals surface area contributed by atoms with E-state index >= 15 is 0 Å². The van der Waals surface area contributed by atoms with Crippen LogP contribution in [0.25, 0.3) is 17.4 Å². The van der Waals surface area contributed by atoms with Crippen molar-refractivity contribution < 1.29 is 18.8 Å². The molecule has 1 N–H and O–H groups in total. The third kappa shape index (κ3) is 5.48. The van der Waals surface area contributed by atoms with Crippen LogP contribution in [0.5, 0.6) is 0 Å². The van der Waals surface area contributed by atoms with Gasteiger partial charge in [0.1, 0.15) is 0 Å². The minimum absolute atomic E-state index is 0.123. The first kappa shape index (κ1) is 22.3. The van der Waals surface area contributed by atoms with Crippen molar-refractivity contribution in [2.24, 2.45) is 0 Å². The monoisotopic (exact) mass is 487 g/mol. The molecule has 32 heavy (non-hydrogen) atoms. The van der Waals surface area contributed by atoms with Crippen molar-refractivity contribution in [1.82, 2.24) is 15.2 Å². The van der Waals surface area contributed by atoms with Crippen molar-refractivity contribution in [3.8, 4) is 11.3 Å². The third-order valence-corrected chi connectivity index (χ3v) is 6.57. The summed E-state index contributed by atoms with van der Waals surface area (Å²) in [6.07, 6.45) is 3.84. The van der Waals surface area contributed by atoms with Crippen LogP contribution in [0.15, 0.2) is 57.3 Å². The summed E-state index contributed by atoms with van der Waals surface area (Å²) in [6, 6.07) is 11.0. The van der Waals surface area contributed by atoms with E-state index in [0.717, 1.165) is 27.1 Å². The minimum atomic E-state index is -0.336. The lowest BCUT2D eigenvalue weighted by Crippen LogP contribution is -2.37.